The minimum absolute atomic E-state index is 0.644. The summed E-state index contributed by atoms with van der Waals surface area (Å²) >= 11 is 0. The molecule has 0 N–H and O–H groups in total. The third-order valence-corrected chi connectivity index (χ3v) is 0.402. The number of hydrogen-bond acceptors (Lipinski definition) is 1. The van der Waals surface area contributed by atoms with Crippen LogP contribution in [0.5, 0.6) is 0 Å². The Bertz CT molecular complexity index is 183. The Morgan fingerprint density at radius 3 is 2.75 bits per heavy atom. The topological polar surface area (TPSA) is 17.1 Å². The van der Waals surface area contributed by atoms with Crippen molar-refractivity contribution in [1.82, 2.24) is 0 Å². The molecule has 0 atom stereocenters. The van der Waals surface area contributed by atoms with Gasteiger partial charge in [-0.1, -0.05) is 5.92 Å². The number of carbonyl (C=O) groups excluding carboxylic acids is 1. The monoisotopic (exact) mass is 104 g/mol. The predicted molar refractivity (Wildman–Crippen MR) is 31.8 cm³/mol. The van der Waals surface area contributed by atoms with Gasteiger partial charge in [0.05, 0.1) is 0 Å². The lowest BCUT2D eigenvalue weighted by molar-refractivity contribution is -0.104. The van der Waals surface area contributed by atoms with Crippen LogP contribution >= 0.6 is 0 Å². The van der Waals surface area contributed by atoms with Crippen LogP contribution in [0.25, 0.3) is 0 Å². The van der Waals surface area contributed by atoms with Gasteiger partial charge in [-0.15, -0.1) is 6.42 Å². The third kappa shape index (κ3) is 4.53. The summed E-state index contributed by atoms with van der Waals surface area (Å²) in [5.74, 6) is 6.85. The van der Waals surface area contributed by atoms with E-state index < -0.39 is 0 Å². The smallest absolute Gasteiger partial charge is 0.143 e. The molecule has 0 rings (SSSR count). The van der Waals surface area contributed by atoms with Crippen molar-refractivity contribution in [3.8, 4) is 24.2 Å². The largest absolute Gasteiger partial charge is 0.299 e. The molecule has 0 spiro atoms. The summed E-state index contributed by atoms with van der Waals surface area (Å²) in [5, 5.41) is 0. The molecular formula is C7H4O. The second kappa shape index (κ2) is 5.53. The minimum atomic E-state index is 0.644. The van der Waals surface area contributed by atoms with Crippen LogP contribution in [0.3, 0.4) is 0 Å². The molecule has 0 aromatic rings. The Labute approximate surface area is 48.4 Å². The van der Waals surface area contributed by atoms with Gasteiger partial charge < -0.3 is 0 Å². The number of terminal acetylenes is 1. The van der Waals surface area contributed by atoms with E-state index in [4.69, 9.17) is 6.42 Å². The summed E-state index contributed by atoms with van der Waals surface area (Å²) in [6.07, 6.45) is 8.09. The minimum Gasteiger partial charge on any atom is -0.299 e. The van der Waals surface area contributed by atoms with Crippen LogP contribution in [0.2, 0.25) is 0 Å². The first-order valence-electron chi connectivity index (χ1n) is 1.98. The molecule has 0 amide bonds. The van der Waals surface area contributed by atoms with Crippen molar-refractivity contribution in [3.05, 3.63) is 12.2 Å². The highest BCUT2D eigenvalue weighted by Gasteiger charge is 1.55. The SMILES string of the molecule is C#CC#C/C=C/C=O. The van der Waals surface area contributed by atoms with E-state index in [1.165, 1.54) is 12.2 Å². The van der Waals surface area contributed by atoms with Gasteiger partial charge >= 0.3 is 0 Å². The molecule has 0 radical (unpaired) electrons. The molecule has 0 unspecified atom stereocenters. The van der Waals surface area contributed by atoms with Crippen molar-refractivity contribution < 1.29 is 4.79 Å². The fourth-order valence-corrected chi connectivity index (χ4v) is 0.171. The van der Waals surface area contributed by atoms with Crippen molar-refractivity contribution in [2.24, 2.45) is 0 Å². The first-order valence-corrected chi connectivity index (χ1v) is 1.98. The Kier molecular flexibility index (Phi) is 4.51. The maximum Gasteiger partial charge on any atom is 0.143 e. The van der Waals surface area contributed by atoms with Crippen LogP contribution in [0, 0.1) is 24.2 Å². The van der Waals surface area contributed by atoms with Crippen LogP contribution in [0.1, 0.15) is 0 Å². The predicted octanol–water partition coefficient (Wildman–Crippen LogP) is 0.378. The number of hydrogen-bond donors (Lipinski definition) is 0. The lowest BCUT2D eigenvalue weighted by atomic mass is 10.5. The number of aldehydes is 1. The van der Waals surface area contributed by atoms with Gasteiger partial charge in [-0.25, -0.2) is 0 Å². The van der Waals surface area contributed by atoms with E-state index in [1.807, 2.05) is 0 Å². The standard InChI is InChI=1S/C7H4O/c1-2-3-4-5-6-7-8/h1,5-7H/b6-5+. The molecule has 0 aliphatic carbocycles. The normalized spacial score (nSPS) is 6.88. The average molecular weight is 104 g/mol. The van der Waals surface area contributed by atoms with E-state index in [9.17, 15) is 4.79 Å². The van der Waals surface area contributed by atoms with E-state index >= 15 is 0 Å². The molecule has 0 saturated carbocycles. The summed E-state index contributed by atoms with van der Waals surface area (Å²) in [6.45, 7) is 0. The Morgan fingerprint density at radius 1 is 1.50 bits per heavy atom. The molecule has 0 aromatic carbocycles. The fourth-order valence-electron chi connectivity index (χ4n) is 0.171. The molecule has 1 nitrogen and oxygen atoms in total. The first kappa shape index (κ1) is 6.53. The first-order chi connectivity index (χ1) is 3.91. The van der Waals surface area contributed by atoms with Gasteiger partial charge in [-0.05, 0) is 24.0 Å². The highest BCUT2D eigenvalue weighted by molar-refractivity contribution is 5.65. The zero-order valence-corrected chi connectivity index (χ0v) is 4.22. The molecule has 0 saturated heterocycles. The molecule has 0 aliphatic rings. The summed E-state index contributed by atoms with van der Waals surface area (Å²) in [6, 6.07) is 0. The summed E-state index contributed by atoms with van der Waals surface area (Å²) in [5.41, 5.74) is 0. The van der Waals surface area contributed by atoms with Crippen LogP contribution in [-0.2, 0) is 4.79 Å². The number of rotatable bonds is 1. The maximum absolute atomic E-state index is 9.56. The molecule has 0 aromatic heterocycles. The van der Waals surface area contributed by atoms with Crippen molar-refractivity contribution in [2.75, 3.05) is 0 Å². The molecule has 0 fully saturated rings. The maximum atomic E-state index is 9.56. The average Bonchev–Trinajstić information content (AvgIpc) is 1.81. The molecular weight excluding hydrogens is 100 g/mol. The zero-order valence-electron chi connectivity index (χ0n) is 4.22. The van der Waals surface area contributed by atoms with Crippen LogP contribution in [0.15, 0.2) is 12.2 Å². The third-order valence-electron chi connectivity index (χ3n) is 0.402. The lowest BCUT2D eigenvalue weighted by Crippen LogP contribution is -1.55. The fraction of sp³-hybridized carbons (Fsp3) is 0. The number of allylic oxidation sites excluding steroid dienone is 2. The Balaban J connectivity index is 3.61. The van der Waals surface area contributed by atoms with E-state index in [0.29, 0.717) is 6.29 Å². The molecule has 38 valence electrons. The van der Waals surface area contributed by atoms with Gasteiger partial charge in [-0.2, -0.15) is 0 Å². The van der Waals surface area contributed by atoms with Crippen LogP contribution in [0.4, 0.5) is 0 Å². The Hall–Kier alpha value is -1.47. The highest BCUT2D eigenvalue weighted by Crippen LogP contribution is 1.60. The summed E-state index contributed by atoms with van der Waals surface area (Å²) in [7, 11) is 0. The summed E-state index contributed by atoms with van der Waals surface area (Å²) < 4.78 is 0. The van der Waals surface area contributed by atoms with Crippen molar-refractivity contribution in [3.63, 3.8) is 0 Å². The second-order valence-corrected chi connectivity index (χ2v) is 0.909. The highest BCUT2D eigenvalue weighted by atomic mass is 16.1. The van der Waals surface area contributed by atoms with E-state index in [2.05, 4.69) is 17.8 Å². The van der Waals surface area contributed by atoms with Crippen LogP contribution in [-0.4, -0.2) is 6.29 Å². The van der Waals surface area contributed by atoms with E-state index in [0.717, 1.165) is 0 Å². The van der Waals surface area contributed by atoms with Crippen molar-refractivity contribution in [1.29, 1.82) is 0 Å². The lowest BCUT2D eigenvalue weighted by Gasteiger charge is -1.56. The van der Waals surface area contributed by atoms with E-state index in [-0.39, 0.29) is 0 Å². The van der Waals surface area contributed by atoms with Gasteiger partial charge in [0.25, 0.3) is 0 Å². The molecule has 8 heavy (non-hydrogen) atoms. The molecule has 0 aliphatic heterocycles. The van der Waals surface area contributed by atoms with Crippen molar-refractivity contribution in [2.45, 2.75) is 0 Å². The summed E-state index contributed by atoms with van der Waals surface area (Å²) in [4.78, 5) is 9.56. The zero-order chi connectivity index (χ0) is 6.24. The quantitative estimate of drug-likeness (QED) is 0.267. The van der Waals surface area contributed by atoms with E-state index in [1.54, 1.807) is 0 Å². The van der Waals surface area contributed by atoms with Gasteiger partial charge in [0.2, 0.25) is 0 Å². The van der Waals surface area contributed by atoms with Gasteiger partial charge in [-0.3, -0.25) is 4.79 Å². The van der Waals surface area contributed by atoms with Gasteiger partial charge in [0, 0.05) is 0 Å². The second-order valence-electron chi connectivity index (χ2n) is 0.909. The molecule has 1 heteroatoms. The number of carbonyl (C=O) groups is 1. The van der Waals surface area contributed by atoms with Gasteiger partial charge in [0.1, 0.15) is 6.29 Å². The molecule has 0 bridgehead atoms. The van der Waals surface area contributed by atoms with Crippen molar-refractivity contribution >= 4 is 6.29 Å². The van der Waals surface area contributed by atoms with Crippen LogP contribution < -0.4 is 0 Å². The Morgan fingerprint density at radius 2 is 2.25 bits per heavy atom. The molecule has 0 heterocycles. The van der Waals surface area contributed by atoms with Gasteiger partial charge in [0.15, 0.2) is 0 Å².